The molecule has 3 heteroatoms. The zero-order valence-electron chi connectivity index (χ0n) is 5.95. The SMILES string of the molecule is C=CCC(C(=O)O)C(C)O. The molecular formula is C7H12O3. The summed E-state index contributed by atoms with van der Waals surface area (Å²) in [5.74, 6) is -1.69. The average molecular weight is 144 g/mol. The molecule has 0 aromatic rings. The van der Waals surface area contributed by atoms with Gasteiger partial charge in [-0.15, -0.1) is 6.58 Å². The maximum Gasteiger partial charge on any atom is 0.309 e. The summed E-state index contributed by atoms with van der Waals surface area (Å²) in [6.45, 7) is 4.85. The number of carbonyl (C=O) groups is 1. The number of hydrogen-bond donors (Lipinski definition) is 2. The number of aliphatic hydroxyl groups excluding tert-OH is 1. The average Bonchev–Trinajstić information content (AvgIpc) is 1.81. The summed E-state index contributed by atoms with van der Waals surface area (Å²) in [5.41, 5.74) is 0. The zero-order chi connectivity index (χ0) is 8.15. The standard InChI is InChI=1S/C7H12O3/c1-3-4-6(5(2)8)7(9)10/h3,5-6,8H,1,4H2,2H3,(H,9,10). The van der Waals surface area contributed by atoms with Crippen LogP contribution in [0.3, 0.4) is 0 Å². The number of allylic oxidation sites excluding steroid dienone is 1. The van der Waals surface area contributed by atoms with Gasteiger partial charge in [-0.2, -0.15) is 0 Å². The van der Waals surface area contributed by atoms with Gasteiger partial charge in [-0.1, -0.05) is 6.08 Å². The fourth-order valence-corrected chi connectivity index (χ4v) is 0.684. The van der Waals surface area contributed by atoms with Crippen molar-refractivity contribution >= 4 is 5.97 Å². The van der Waals surface area contributed by atoms with Gasteiger partial charge in [-0.25, -0.2) is 0 Å². The Kier molecular flexibility index (Phi) is 3.72. The number of rotatable bonds is 4. The van der Waals surface area contributed by atoms with Gasteiger partial charge in [0.25, 0.3) is 0 Å². The van der Waals surface area contributed by atoms with E-state index in [1.807, 2.05) is 0 Å². The minimum absolute atomic E-state index is 0.312. The van der Waals surface area contributed by atoms with Gasteiger partial charge >= 0.3 is 5.97 Å². The van der Waals surface area contributed by atoms with E-state index in [0.717, 1.165) is 0 Å². The number of carboxylic acid groups (broad SMARTS) is 1. The minimum Gasteiger partial charge on any atom is -0.481 e. The normalized spacial score (nSPS) is 15.8. The van der Waals surface area contributed by atoms with Gasteiger partial charge in [0.05, 0.1) is 12.0 Å². The highest BCUT2D eigenvalue weighted by molar-refractivity contribution is 5.70. The molecule has 0 fully saturated rings. The Hall–Kier alpha value is -0.830. The second kappa shape index (κ2) is 4.06. The second-order valence-corrected chi connectivity index (χ2v) is 2.21. The van der Waals surface area contributed by atoms with E-state index in [9.17, 15) is 4.79 Å². The maximum atomic E-state index is 10.3. The number of aliphatic hydroxyl groups is 1. The smallest absolute Gasteiger partial charge is 0.309 e. The molecule has 0 amide bonds. The van der Waals surface area contributed by atoms with E-state index in [1.54, 1.807) is 0 Å². The van der Waals surface area contributed by atoms with E-state index in [4.69, 9.17) is 10.2 Å². The van der Waals surface area contributed by atoms with Crippen LogP contribution in [0.4, 0.5) is 0 Å². The quantitative estimate of drug-likeness (QED) is 0.569. The van der Waals surface area contributed by atoms with Crippen LogP contribution in [-0.4, -0.2) is 22.3 Å². The first-order valence-electron chi connectivity index (χ1n) is 3.11. The molecule has 0 spiro atoms. The zero-order valence-corrected chi connectivity index (χ0v) is 5.95. The van der Waals surface area contributed by atoms with Gasteiger partial charge in [-0.05, 0) is 13.3 Å². The molecule has 0 bridgehead atoms. The van der Waals surface area contributed by atoms with Crippen molar-refractivity contribution in [2.24, 2.45) is 5.92 Å². The molecule has 2 N–H and O–H groups in total. The molecule has 0 aliphatic rings. The van der Waals surface area contributed by atoms with Gasteiger partial charge in [-0.3, -0.25) is 4.79 Å². The molecule has 0 rings (SSSR count). The van der Waals surface area contributed by atoms with Crippen LogP contribution in [0.25, 0.3) is 0 Å². The van der Waals surface area contributed by atoms with E-state index in [-0.39, 0.29) is 0 Å². The lowest BCUT2D eigenvalue weighted by Crippen LogP contribution is -2.24. The van der Waals surface area contributed by atoms with Crippen molar-refractivity contribution in [3.05, 3.63) is 12.7 Å². The van der Waals surface area contributed by atoms with Crippen LogP contribution in [0.2, 0.25) is 0 Å². The van der Waals surface area contributed by atoms with Crippen LogP contribution in [0.1, 0.15) is 13.3 Å². The van der Waals surface area contributed by atoms with E-state index in [1.165, 1.54) is 13.0 Å². The molecule has 0 aromatic carbocycles. The molecule has 0 aromatic heterocycles. The highest BCUT2D eigenvalue weighted by Crippen LogP contribution is 2.08. The van der Waals surface area contributed by atoms with Gasteiger partial charge in [0, 0.05) is 0 Å². The van der Waals surface area contributed by atoms with E-state index in [2.05, 4.69) is 6.58 Å². The van der Waals surface area contributed by atoms with Crippen LogP contribution in [0, 0.1) is 5.92 Å². The Balaban J connectivity index is 3.97. The van der Waals surface area contributed by atoms with Crippen molar-refractivity contribution in [3.63, 3.8) is 0 Å². The highest BCUT2D eigenvalue weighted by Gasteiger charge is 2.20. The van der Waals surface area contributed by atoms with Crippen LogP contribution in [0.15, 0.2) is 12.7 Å². The maximum absolute atomic E-state index is 10.3. The Labute approximate surface area is 60.0 Å². The summed E-state index contributed by atoms with van der Waals surface area (Å²) in [5, 5.41) is 17.4. The first kappa shape index (κ1) is 9.17. The lowest BCUT2D eigenvalue weighted by Gasteiger charge is -2.11. The van der Waals surface area contributed by atoms with Crippen molar-refractivity contribution in [1.82, 2.24) is 0 Å². The first-order valence-corrected chi connectivity index (χ1v) is 3.11. The summed E-state index contributed by atoms with van der Waals surface area (Å²) < 4.78 is 0. The van der Waals surface area contributed by atoms with Crippen molar-refractivity contribution in [1.29, 1.82) is 0 Å². The molecule has 0 saturated heterocycles. The van der Waals surface area contributed by atoms with Crippen molar-refractivity contribution in [2.45, 2.75) is 19.4 Å². The van der Waals surface area contributed by atoms with Crippen LogP contribution in [-0.2, 0) is 4.79 Å². The van der Waals surface area contributed by atoms with Crippen LogP contribution < -0.4 is 0 Å². The summed E-state index contributed by atoms with van der Waals surface area (Å²) in [6.07, 6.45) is 0.994. The molecule has 58 valence electrons. The van der Waals surface area contributed by atoms with Crippen LogP contribution >= 0.6 is 0 Å². The topological polar surface area (TPSA) is 57.5 Å². The lowest BCUT2D eigenvalue weighted by atomic mass is 10.0. The number of hydrogen-bond acceptors (Lipinski definition) is 2. The first-order chi connectivity index (χ1) is 4.59. The second-order valence-electron chi connectivity index (χ2n) is 2.21. The van der Waals surface area contributed by atoms with Gasteiger partial charge < -0.3 is 10.2 Å². The molecule has 0 saturated carbocycles. The molecule has 2 atom stereocenters. The Morgan fingerprint density at radius 2 is 2.30 bits per heavy atom. The Morgan fingerprint density at radius 3 is 2.40 bits per heavy atom. The summed E-state index contributed by atoms with van der Waals surface area (Å²) in [4.78, 5) is 10.3. The van der Waals surface area contributed by atoms with E-state index < -0.39 is 18.0 Å². The van der Waals surface area contributed by atoms with Gasteiger partial charge in [0.1, 0.15) is 0 Å². The monoisotopic (exact) mass is 144 g/mol. The third-order valence-electron chi connectivity index (χ3n) is 1.32. The van der Waals surface area contributed by atoms with Gasteiger partial charge in [0.2, 0.25) is 0 Å². The predicted molar refractivity (Wildman–Crippen MR) is 37.6 cm³/mol. The molecule has 3 nitrogen and oxygen atoms in total. The van der Waals surface area contributed by atoms with Crippen molar-refractivity contribution < 1.29 is 15.0 Å². The molecule has 0 radical (unpaired) electrons. The lowest BCUT2D eigenvalue weighted by molar-refractivity contribution is -0.145. The number of aliphatic carboxylic acids is 1. The van der Waals surface area contributed by atoms with Crippen LogP contribution in [0.5, 0.6) is 0 Å². The van der Waals surface area contributed by atoms with Crippen molar-refractivity contribution in [2.75, 3.05) is 0 Å². The van der Waals surface area contributed by atoms with E-state index >= 15 is 0 Å². The molecule has 10 heavy (non-hydrogen) atoms. The fourth-order valence-electron chi connectivity index (χ4n) is 0.684. The third kappa shape index (κ3) is 2.64. The molecular weight excluding hydrogens is 132 g/mol. The summed E-state index contributed by atoms with van der Waals surface area (Å²) in [6, 6.07) is 0. The molecule has 2 unspecified atom stereocenters. The Morgan fingerprint density at radius 1 is 1.80 bits per heavy atom. The molecule has 0 aliphatic heterocycles. The Bertz CT molecular complexity index is 129. The summed E-state index contributed by atoms with van der Waals surface area (Å²) in [7, 11) is 0. The summed E-state index contributed by atoms with van der Waals surface area (Å²) >= 11 is 0. The molecule has 0 heterocycles. The van der Waals surface area contributed by atoms with Crippen molar-refractivity contribution in [3.8, 4) is 0 Å². The third-order valence-corrected chi connectivity index (χ3v) is 1.32. The van der Waals surface area contributed by atoms with E-state index in [0.29, 0.717) is 6.42 Å². The van der Waals surface area contributed by atoms with Gasteiger partial charge in [0.15, 0.2) is 0 Å². The minimum atomic E-state index is -0.977. The molecule has 0 aliphatic carbocycles. The fraction of sp³-hybridized carbons (Fsp3) is 0.571. The number of carboxylic acids is 1. The largest absolute Gasteiger partial charge is 0.481 e. The predicted octanol–water partition coefficient (Wildman–Crippen LogP) is 0.644. The highest BCUT2D eigenvalue weighted by atomic mass is 16.4.